The normalized spacial score (nSPS) is 28.3. The van der Waals surface area contributed by atoms with Crippen LogP contribution < -0.4 is 5.32 Å². The molecule has 0 aromatic heterocycles. The number of rotatable bonds is 5. The number of nitrogens with one attached hydrogen (secondary N) is 1. The summed E-state index contributed by atoms with van der Waals surface area (Å²) in [5.41, 5.74) is 0. The van der Waals surface area contributed by atoms with Gasteiger partial charge in [0.1, 0.15) is 0 Å². The fourth-order valence-electron chi connectivity index (χ4n) is 2.03. The summed E-state index contributed by atoms with van der Waals surface area (Å²) in [7, 11) is 4.19. The van der Waals surface area contributed by atoms with E-state index in [1.807, 2.05) is 0 Å². The lowest BCUT2D eigenvalue weighted by molar-refractivity contribution is 0.0907. The van der Waals surface area contributed by atoms with Gasteiger partial charge in [0.2, 0.25) is 0 Å². The Morgan fingerprint density at radius 3 is 2.64 bits per heavy atom. The molecule has 0 bridgehead atoms. The van der Waals surface area contributed by atoms with Gasteiger partial charge in [0.05, 0.1) is 6.10 Å². The molecule has 0 spiro atoms. The summed E-state index contributed by atoms with van der Waals surface area (Å²) in [6.07, 6.45) is 5.63. The highest BCUT2D eigenvalue weighted by atomic mass is 16.3. The maximum absolute atomic E-state index is 9.70. The minimum absolute atomic E-state index is 0.108. The van der Waals surface area contributed by atoms with Crippen LogP contribution in [0.4, 0.5) is 0 Å². The summed E-state index contributed by atoms with van der Waals surface area (Å²) in [5.74, 6) is 0. The molecule has 14 heavy (non-hydrogen) atoms. The van der Waals surface area contributed by atoms with Gasteiger partial charge in [-0.2, -0.15) is 0 Å². The molecule has 0 saturated heterocycles. The van der Waals surface area contributed by atoms with E-state index in [9.17, 15) is 5.11 Å². The van der Waals surface area contributed by atoms with Crippen LogP contribution in [-0.4, -0.2) is 49.3 Å². The molecule has 0 unspecified atom stereocenters. The summed E-state index contributed by atoms with van der Waals surface area (Å²) in [6, 6.07) is 0.353. The van der Waals surface area contributed by atoms with Crippen LogP contribution >= 0.6 is 0 Å². The molecule has 3 nitrogen and oxygen atoms in total. The summed E-state index contributed by atoms with van der Waals surface area (Å²) in [4.78, 5) is 2.19. The first-order valence-electron chi connectivity index (χ1n) is 5.76. The zero-order valence-electron chi connectivity index (χ0n) is 9.50. The van der Waals surface area contributed by atoms with Gasteiger partial charge in [0, 0.05) is 6.04 Å². The van der Waals surface area contributed by atoms with Crippen molar-refractivity contribution in [1.82, 2.24) is 10.2 Å². The summed E-state index contributed by atoms with van der Waals surface area (Å²) < 4.78 is 0. The first-order valence-corrected chi connectivity index (χ1v) is 5.76. The molecule has 0 aliphatic heterocycles. The highest BCUT2D eigenvalue weighted by Gasteiger charge is 2.21. The molecular weight excluding hydrogens is 176 g/mol. The quantitative estimate of drug-likeness (QED) is 0.645. The van der Waals surface area contributed by atoms with Crippen LogP contribution in [0.2, 0.25) is 0 Å². The Labute approximate surface area is 87.5 Å². The average Bonchev–Trinajstić information content (AvgIpc) is 2.15. The minimum atomic E-state index is -0.108. The van der Waals surface area contributed by atoms with Crippen molar-refractivity contribution in [3.63, 3.8) is 0 Å². The van der Waals surface area contributed by atoms with Crippen molar-refractivity contribution < 1.29 is 5.11 Å². The molecule has 0 radical (unpaired) electrons. The van der Waals surface area contributed by atoms with Crippen LogP contribution in [0.5, 0.6) is 0 Å². The number of nitrogens with zero attached hydrogens (tertiary/aromatic N) is 1. The third-order valence-corrected chi connectivity index (χ3v) is 2.92. The van der Waals surface area contributed by atoms with Crippen molar-refractivity contribution >= 4 is 0 Å². The van der Waals surface area contributed by atoms with E-state index in [-0.39, 0.29) is 6.10 Å². The van der Waals surface area contributed by atoms with Gasteiger partial charge in [0.25, 0.3) is 0 Å². The van der Waals surface area contributed by atoms with E-state index in [0.717, 1.165) is 32.4 Å². The Kier molecular flexibility index (Phi) is 5.45. The van der Waals surface area contributed by atoms with Crippen molar-refractivity contribution in [2.45, 2.75) is 44.2 Å². The largest absolute Gasteiger partial charge is 0.392 e. The molecule has 1 saturated carbocycles. The van der Waals surface area contributed by atoms with Gasteiger partial charge >= 0.3 is 0 Å². The first kappa shape index (κ1) is 12.0. The summed E-state index contributed by atoms with van der Waals surface area (Å²) in [5, 5.41) is 13.2. The van der Waals surface area contributed by atoms with Crippen LogP contribution in [0.15, 0.2) is 0 Å². The fourth-order valence-corrected chi connectivity index (χ4v) is 2.03. The van der Waals surface area contributed by atoms with Crippen molar-refractivity contribution in [2.24, 2.45) is 0 Å². The number of aliphatic hydroxyl groups is 1. The lowest BCUT2D eigenvalue weighted by atomic mass is 9.92. The number of hydrogen-bond donors (Lipinski definition) is 2. The van der Waals surface area contributed by atoms with Gasteiger partial charge in [0.15, 0.2) is 0 Å². The third-order valence-electron chi connectivity index (χ3n) is 2.92. The van der Waals surface area contributed by atoms with Crippen LogP contribution in [0.1, 0.15) is 32.1 Å². The highest BCUT2D eigenvalue weighted by molar-refractivity contribution is 4.80. The molecule has 0 amide bonds. The van der Waals surface area contributed by atoms with Gasteiger partial charge in [-0.25, -0.2) is 0 Å². The molecule has 2 atom stereocenters. The predicted molar refractivity (Wildman–Crippen MR) is 59.4 cm³/mol. The van der Waals surface area contributed by atoms with E-state index >= 15 is 0 Å². The maximum Gasteiger partial charge on any atom is 0.0693 e. The van der Waals surface area contributed by atoms with Crippen LogP contribution in [0.3, 0.4) is 0 Å². The van der Waals surface area contributed by atoms with Crippen LogP contribution in [-0.2, 0) is 0 Å². The second-order valence-corrected chi connectivity index (χ2v) is 4.57. The van der Waals surface area contributed by atoms with Crippen molar-refractivity contribution in [1.29, 1.82) is 0 Å². The maximum atomic E-state index is 9.70. The molecule has 3 heteroatoms. The van der Waals surface area contributed by atoms with Gasteiger partial charge < -0.3 is 15.3 Å². The van der Waals surface area contributed by atoms with Crippen molar-refractivity contribution in [2.75, 3.05) is 27.2 Å². The second kappa shape index (κ2) is 6.38. The Bertz CT molecular complexity index is 150. The molecule has 1 rings (SSSR count). The van der Waals surface area contributed by atoms with E-state index in [4.69, 9.17) is 0 Å². The van der Waals surface area contributed by atoms with E-state index < -0.39 is 0 Å². The smallest absolute Gasteiger partial charge is 0.0693 e. The van der Waals surface area contributed by atoms with E-state index in [2.05, 4.69) is 24.3 Å². The molecule has 1 aliphatic carbocycles. The number of aliphatic hydroxyl groups excluding tert-OH is 1. The molecule has 2 N–H and O–H groups in total. The molecule has 1 fully saturated rings. The standard InChI is InChI=1S/C11H24N2O/c1-13(2)9-5-8-12-10-6-3-4-7-11(10)14/h10-12,14H,3-9H2,1-2H3/t10-,11-/m1/s1. The van der Waals surface area contributed by atoms with E-state index in [0.29, 0.717) is 6.04 Å². The molecule has 84 valence electrons. The van der Waals surface area contributed by atoms with Crippen molar-refractivity contribution in [3.05, 3.63) is 0 Å². The molecule has 0 aromatic carbocycles. The monoisotopic (exact) mass is 200 g/mol. The Hall–Kier alpha value is -0.120. The predicted octanol–water partition coefficient (Wildman–Crippen LogP) is 0.831. The Morgan fingerprint density at radius 2 is 2.00 bits per heavy atom. The molecule has 0 aromatic rings. The van der Waals surface area contributed by atoms with Crippen LogP contribution in [0.25, 0.3) is 0 Å². The Balaban J connectivity index is 2.04. The van der Waals surface area contributed by atoms with Crippen molar-refractivity contribution in [3.8, 4) is 0 Å². The van der Waals surface area contributed by atoms with Gasteiger partial charge in [-0.3, -0.25) is 0 Å². The summed E-state index contributed by atoms with van der Waals surface area (Å²) >= 11 is 0. The van der Waals surface area contributed by atoms with Gasteiger partial charge in [-0.05, 0) is 46.4 Å². The molecule has 1 aliphatic rings. The summed E-state index contributed by atoms with van der Waals surface area (Å²) in [6.45, 7) is 2.15. The lowest BCUT2D eigenvalue weighted by Crippen LogP contribution is -2.42. The number of hydrogen-bond acceptors (Lipinski definition) is 3. The molecular formula is C11H24N2O. The lowest BCUT2D eigenvalue weighted by Gasteiger charge is -2.28. The van der Waals surface area contributed by atoms with Crippen LogP contribution in [0, 0.1) is 0 Å². The zero-order valence-corrected chi connectivity index (χ0v) is 9.50. The SMILES string of the molecule is CN(C)CCCN[C@@H]1CCCC[C@H]1O. The van der Waals surface area contributed by atoms with Gasteiger partial charge in [-0.1, -0.05) is 12.8 Å². The third kappa shape index (κ3) is 4.40. The first-order chi connectivity index (χ1) is 6.70. The van der Waals surface area contributed by atoms with E-state index in [1.54, 1.807) is 0 Å². The molecule has 0 heterocycles. The van der Waals surface area contributed by atoms with E-state index in [1.165, 1.54) is 12.8 Å². The zero-order chi connectivity index (χ0) is 10.4. The Morgan fingerprint density at radius 1 is 1.29 bits per heavy atom. The average molecular weight is 200 g/mol. The topological polar surface area (TPSA) is 35.5 Å². The highest BCUT2D eigenvalue weighted by Crippen LogP contribution is 2.18. The van der Waals surface area contributed by atoms with Gasteiger partial charge in [-0.15, -0.1) is 0 Å². The minimum Gasteiger partial charge on any atom is -0.392 e. The second-order valence-electron chi connectivity index (χ2n) is 4.57. The fraction of sp³-hybridized carbons (Fsp3) is 1.00.